The number of nitrogens with zero attached hydrogens (tertiary/aromatic N) is 1. The number of benzene rings is 1. The number of hydrogen-bond donors (Lipinski definition) is 1. The Hall–Kier alpha value is -2.10. The molecule has 1 aromatic heterocycles. The Morgan fingerprint density at radius 1 is 1.30 bits per heavy atom. The van der Waals surface area contributed by atoms with E-state index in [2.05, 4.69) is 35.0 Å². The van der Waals surface area contributed by atoms with Gasteiger partial charge in [0.2, 0.25) is 5.91 Å². The molecule has 1 aromatic carbocycles. The number of piperidine rings is 1. The smallest absolute Gasteiger partial charge is 0.223 e. The number of para-hydroxylation sites is 1. The first-order valence-electron chi connectivity index (χ1n) is 10.4. The van der Waals surface area contributed by atoms with Gasteiger partial charge in [-0.05, 0) is 30.9 Å². The van der Waals surface area contributed by atoms with Gasteiger partial charge in [0.1, 0.15) is 5.78 Å². The van der Waals surface area contributed by atoms with Gasteiger partial charge in [-0.1, -0.05) is 51.8 Å². The van der Waals surface area contributed by atoms with Crippen molar-refractivity contribution in [1.29, 1.82) is 0 Å². The Labute approximate surface area is 161 Å². The molecule has 0 bridgehead atoms. The fourth-order valence-electron chi connectivity index (χ4n) is 5.40. The van der Waals surface area contributed by atoms with Crippen LogP contribution in [-0.4, -0.2) is 28.1 Å². The molecule has 4 heteroatoms. The molecule has 2 atom stereocenters. The van der Waals surface area contributed by atoms with Crippen molar-refractivity contribution in [2.24, 2.45) is 11.8 Å². The number of Topliss-reactive ketones (excluding diaryl/α,β-unsaturated/α-hetero) is 1. The van der Waals surface area contributed by atoms with Gasteiger partial charge in [0.05, 0.1) is 5.54 Å². The molecule has 0 saturated carbocycles. The summed E-state index contributed by atoms with van der Waals surface area (Å²) in [5.74, 6) is 0.380. The van der Waals surface area contributed by atoms with E-state index in [0.29, 0.717) is 18.6 Å². The van der Waals surface area contributed by atoms with E-state index in [1.54, 1.807) is 0 Å². The van der Waals surface area contributed by atoms with Crippen molar-refractivity contribution in [3.63, 3.8) is 0 Å². The second kappa shape index (κ2) is 6.81. The largest absolute Gasteiger partial charge is 0.356 e. The molecule has 0 spiro atoms. The summed E-state index contributed by atoms with van der Waals surface area (Å²) < 4.78 is 0. The predicted molar refractivity (Wildman–Crippen MR) is 107 cm³/mol. The molecule has 1 fully saturated rings. The van der Waals surface area contributed by atoms with E-state index in [9.17, 15) is 9.59 Å². The molecule has 1 saturated heterocycles. The van der Waals surface area contributed by atoms with Crippen LogP contribution in [-0.2, 0) is 21.5 Å². The number of carbonyl (C=O) groups is 2. The lowest BCUT2D eigenvalue weighted by molar-refractivity contribution is -0.155. The minimum absolute atomic E-state index is 0.0155. The Bertz CT molecular complexity index is 882. The number of aromatic nitrogens is 1. The third-order valence-electron chi connectivity index (χ3n) is 6.66. The number of nitrogens with one attached hydrogen (secondary N) is 1. The summed E-state index contributed by atoms with van der Waals surface area (Å²) in [5.41, 5.74) is 3.07. The van der Waals surface area contributed by atoms with Crippen molar-refractivity contribution >= 4 is 22.6 Å². The zero-order valence-electron chi connectivity index (χ0n) is 16.7. The fourth-order valence-corrected chi connectivity index (χ4v) is 5.40. The zero-order valence-corrected chi connectivity index (χ0v) is 16.7. The van der Waals surface area contributed by atoms with Gasteiger partial charge in [-0.2, -0.15) is 0 Å². The highest BCUT2D eigenvalue weighted by molar-refractivity contribution is 5.91. The van der Waals surface area contributed by atoms with Gasteiger partial charge < -0.3 is 9.88 Å². The second-order valence-electron chi connectivity index (χ2n) is 8.50. The van der Waals surface area contributed by atoms with E-state index in [-0.39, 0.29) is 17.7 Å². The molecule has 27 heavy (non-hydrogen) atoms. The lowest BCUT2D eigenvalue weighted by atomic mass is 9.65. The van der Waals surface area contributed by atoms with Gasteiger partial charge in [0.25, 0.3) is 0 Å². The van der Waals surface area contributed by atoms with Gasteiger partial charge in [0, 0.05) is 41.4 Å². The Morgan fingerprint density at radius 3 is 2.81 bits per heavy atom. The minimum Gasteiger partial charge on any atom is -0.356 e. The van der Waals surface area contributed by atoms with Crippen molar-refractivity contribution in [1.82, 2.24) is 9.88 Å². The molecule has 1 amide bonds. The highest BCUT2D eigenvalue weighted by Gasteiger charge is 2.56. The Kier molecular flexibility index (Phi) is 4.61. The van der Waals surface area contributed by atoms with Gasteiger partial charge in [-0.15, -0.1) is 0 Å². The highest BCUT2D eigenvalue weighted by Crippen LogP contribution is 2.51. The number of unbranched alkanes of at least 4 members (excludes halogenated alkanes) is 1. The summed E-state index contributed by atoms with van der Waals surface area (Å²) in [5, 5.41) is 1.25. The quantitative estimate of drug-likeness (QED) is 0.842. The molecule has 2 aliphatic heterocycles. The first-order chi connectivity index (χ1) is 13.0. The molecular formula is C23H30N2O2. The monoisotopic (exact) mass is 366 g/mol. The highest BCUT2D eigenvalue weighted by atomic mass is 16.2. The predicted octanol–water partition coefficient (Wildman–Crippen LogP) is 4.57. The van der Waals surface area contributed by atoms with Crippen LogP contribution in [0.3, 0.4) is 0 Å². The molecule has 2 aliphatic rings. The number of aromatic amines is 1. The Balaban J connectivity index is 1.97. The zero-order chi connectivity index (χ0) is 19.2. The summed E-state index contributed by atoms with van der Waals surface area (Å²) in [6.45, 7) is 6.89. The average Bonchev–Trinajstić information content (AvgIpc) is 3.05. The topological polar surface area (TPSA) is 53.2 Å². The maximum atomic E-state index is 13.3. The van der Waals surface area contributed by atoms with Crippen LogP contribution in [0.15, 0.2) is 24.3 Å². The SMILES string of the molecule is CCCC[C@]12c3[nH]c4ccccc4c3CCN1C(=O)CC[C@H]2C(=O)C(C)C. The van der Waals surface area contributed by atoms with Crippen LogP contribution in [0.1, 0.15) is 64.1 Å². The van der Waals surface area contributed by atoms with E-state index in [4.69, 9.17) is 0 Å². The van der Waals surface area contributed by atoms with Crippen molar-refractivity contribution in [3.05, 3.63) is 35.5 Å². The fraction of sp³-hybridized carbons (Fsp3) is 0.565. The number of hydrogen-bond acceptors (Lipinski definition) is 2. The van der Waals surface area contributed by atoms with Crippen molar-refractivity contribution in [2.75, 3.05) is 6.54 Å². The van der Waals surface area contributed by atoms with Crippen LogP contribution in [0.25, 0.3) is 10.9 Å². The summed E-state index contributed by atoms with van der Waals surface area (Å²) in [7, 11) is 0. The van der Waals surface area contributed by atoms with Crippen molar-refractivity contribution < 1.29 is 9.59 Å². The number of carbonyl (C=O) groups excluding carboxylic acids is 2. The van der Waals surface area contributed by atoms with Gasteiger partial charge in [-0.25, -0.2) is 0 Å². The lowest BCUT2D eigenvalue weighted by Gasteiger charge is -2.54. The molecular weight excluding hydrogens is 336 g/mol. The first-order valence-corrected chi connectivity index (χ1v) is 10.4. The standard InChI is InChI=1S/C23H30N2O2/c1-4-5-13-23-18(21(27)15(2)3)10-11-20(26)25(23)14-12-17-16-8-6-7-9-19(16)24-22(17)23/h6-9,15,18,24H,4-5,10-14H2,1-3H3/t18-,23-/m0/s1. The van der Waals surface area contributed by atoms with Crippen molar-refractivity contribution in [2.45, 2.75) is 64.8 Å². The number of ketones is 1. The number of rotatable bonds is 5. The van der Waals surface area contributed by atoms with Crippen LogP contribution in [0.2, 0.25) is 0 Å². The average molecular weight is 367 g/mol. The number of fused-ring (bicyclic) bond motifs is 5. The Morgan fingerprint density at radius 2 is 2.07 bits per heavy atom. The number of H-pyrrole nitrogens is 1. The van der Waals surface area contributed by atoms with Crippen LogP contribution in [0, 0.1) is 11.8 Å². The van der Waals surface area contributed by atoms with E-state index in [1.165, 1.54) is 10.9 Å². The normalized spacial score (nSPS) is 25.0. The molecule has 144 valence electrons. The third-order valence-corrected chi connectivity index (χ3v) is 6.66. The molecule has 0 aliphatic carbocycles. The molecule has 1 N–H and O–H groups in total. The van der Waals surface area contributed by atoms with E-state index in [1.807, 2.05) is 19.9 Å². The molecule has 4 rings (SSSR count). The second-order valence-corrected chi connectivity index (χ2v) is 8.50. The summed E-state index contributed by atoms with van der Waals surface area (Å²) >= 11 is 0. The molecule has 0 unspecified atom stereocenters. The summed E-state index contributed by atoms with van der Waals surface area (Å²) in [6.07, 6.45) is 4.96. The van der Waals surface area contributed by atoms with Crippen LogP contribution in [0.4, 0.5) is 0 Å². The third kappa shape index (κ3) is 2.64. The molecule has 4 nitrogen and oxygen atoms in total. The van der Waals surface area contributed by atoms with Gasteiger partial charge in [-0.3, -0.25) is 9.59 Å². The van der Waals surface area contributed by atoms with E-state index < -0.39 is 5.54 Å². The van der Waals surface area contributed by atoms with Crippen molar-refractivity contribution in [3.8, 4) is 0 Å². The maximum absolute atomic E-state index is 13.3. The number of amides is 1. The first kappa shape index (κ1) is 18.3. The van der Waals surface area contributed by atoms with E-state index >= 15 is 0 Å². The maximum Gasteiger partial charge on any atom is 0.223 e. The molecule has 0 radical (unpaired) electrons. The van der Waals surface area contributed by atoms with Gasteiger partial charge >= 0.3 is 0 Å². The molecule has 3 heterocycles. The lowest BCUT2D eigenvalue weighted by Crippen LogP contribution is -2.62. The summed E-state index contributed by atoms with van der Waals surface area (Å²) in [4.78, 5) is 32.0. The summed E-state index contributed by atoms with van der Waals surface area (Å²) in [6, 6.07) is 8.39. The van der Waals surface area contributed by atoms with Crippen LogP contribution in [0.5, 0.6) is 0 Å². The van der Waals surface area contributed by atoms with E-state index in [0.717, 1.165) is 43.4 Å². The molecule has 2 aromatic rings. The minimum atomic E-state index is -0.501. The van der Waals surface area contributed by atoms with Crippen LogP contribution < -0.4 is 0 Å². The van der Waals surface area contributed by atoms with Crippen LogP contribution >= 0.6 is 0 Å². The van der Waals surface area contributed by atoms with Gasteiger partial charge in [0.15, 0.2) is 0 Å².